The number of rotatable bonds is 5. The number of halogens is 1. The highest BCUT2D eigenvalue weighted by molar-refractivity contribution is 5.32. The first-order valence-corrected chi connectivity index (χ1v) is 7.15. The number of hydrogen-bond donors (Lipinski definition) is 1. The predicted octanol–water partition coefficient (Wildman–Crippen LogP) is 3.65. The maximum atomic E-state index is 13.6. The fraction of sp³-hybridized carbons (Fsp3) is 0.625. The van der Waals surface area contributed by atoms with Gasteiger partial charge in [0.1, 0.15) is 5.82 Å². The lowest BCUT2D eigenvalue weighted by molar-refractivity contribution is -0.0282. The highest BCUT2D eigenvalue weighted by Crippen LogP contribution is 2.36. The van der Waals surface area contributed by atoms with E-state index in [0.29, 0.717) is 23.1 Å². The molecule has 19 heavy (non-hydrogen) atoms. The van der Waals surface area contributed by atoms with Crippen LogP contribution in [0.15, 0.2) is 12.1 Å². The summed E-state index contributed by atoms with van der Waals surface area (Å²) < 4.78 is 19.2. The van der Waals surface area contributed by atoms with E-state index in [4.69, 9.17) is 10.5 Å². The molecule has 1 aromatic carbocycles. The van der Waals surface area contributed by atoms with Crippen molar-refractivity contribution < 1.29 is 9.13 Å². The Morgan fingerprint density at radius 2 is 1.89 bits per heavy atom. The van der Waals surface area contributed by atoms with Crippen LogP contribution in [-0.4, -0.2) is 12.7 Å². The zero-order valence-electron chi connectivity index (χ0n) is 12.1. The molecule has 3 heteroatoms. The quantitative estimate of drug-likeness (QED) is 0.882. The van der Waals surface area contributed by atoms with Gasteiger partial charge in [-0.2, -0.15) is 0 Å². The zero-order chi connectivity index (χ0) is 14.0. The Morgan fingerprint density at radius 3 is 2.42 bits per heavy atom. The van der Waals surface area contributed by atoms with Gasteiger partial charge in [0.2, 0.25) is 0 Å². The molecule has 0 amide bonds. The van der Waals surface area contributed by atoms with Crippen LogP contribution in [0.1, 0.15) is 48.9 Å². The number of hydrogen-bond acceptors (Lipinski definition) is 2. The van der Waals surface area contributed by atoms with Crippen molar-refractivity contribution in [2.24, 2.45) is 11.7 Å². The fourth-order valence-electron chi connectivity index (χ4n) is 2.93. The van der Waals surface area contributed by atoms with E-state index >= 15 is 0 Å². The number of aryl methyl sites for hydroxylation is 2. The second-order valence-electron chi connectivity index (χ2n) is 5.73. The first kappa shape index (κ1) is 14.5. The van der Waals surface area contributed by atoms with Gasteiger partial charge in [0.25, 0.3) is 0 Å². The highest BCUT2D eigenvalue weighted by Gasteiger charge is 2.31. The van der Waals surface area contributed by atoms with Crippen LogP contribution < -0.4 is 5.73 Å². The van der Waals surface area contributed by atoms with E-state index in [1.165, 1.54) is 0 Å². The molecule has 2 nitrogen and oxygen atoms in total. The molecule has 1 aliphatic carbocycles. The maximum absolute atomic E-state index is 13.6. The zero-order valence-corrected chi connectivity index (χ0v) is 12.1. The minimum atomic E-state index is -0.115. The Bertz CT molecular complexity index is 417. The smallest absolute Gasteiger partial charge is 0.129 e. The molecule has 1 saturated carbocycles. The van der Waals surface area contributed by atoms with Crippen molar-refractivity contribution in [3.8, 4) is 0 Å². The Balaban J connectivity index is 1.92. The summed E-state index contributed by atoms with van der Waals surface area (Å²) >= 11 is 0. The van der Waals surface area contributed by atoms with Gasteiger partial charge in [0.05, 0.1) is 6.10 Å². The van der Waals surface area contributed by atoms with Crippen LogP contribution in [0, 0.1) is 25.6 Å². The Kier molecular flexibility index (Phi) is 4.58. The highest BCUT2D eigenvalue weighted by atomic mass is 19.1. The summed E-state index contributed by atoms with van der Waals surface area (Å²) in [6.45, 7) is 6.42. The van der Waals surface area contributed by atoms with Crippen molar-refractivity contribution in [2.45, 2.75) is 52.2 Å². The Hall–Kier alpha value is -0.930. The molecule has 1 fully saturated rings. The average Bonchev–Trinajstić information content (AvgIpc) is 2.32. The third-order valence-corrected chi connectivity index (χ3v) is 4.07. The van der Waals surface area contributed by atoms with E-state index in [2.05, 4.69) is 0 Å². The lowest BCUT2D eigenvalue weighted by Crippen LogP contribution is -2.33. The van der Waals surface area contributed by atoms with E-state index in [1.807, 2.05) is 19.1 Å². The van der Waals surface area contributed by atoms with Gasteiger partial charge < -0.3 is 10.5 Å². The third-order valence-electron chi connectivity index (χ3n) is 4.07. The molecular formula is C16H24FNO. The molecule has 0 aromatic heterocycles. The van der Waals surface area contributed by atoms with Gasteiger partial charge in [0, 0.05) is 12.6 Å². The Labute approximate surface area is 115 Å². The number of nitrogens with two attached hydrogens (primary N) is 1. The summed E-state index contributed by atoms with van der Waals surface area (Å²) in [4.78, 5) is 0. The normalized spacial score (nSPS) is 24.1. The van der Waals surface area contributed by atoms with Crippen LogP contribution in [0.5, 0.6) is 0 Å². The monoisotopic (exact) mass is 265 g/mol. The van der Waals surface area contributed by atoms with E-state index in [0.717, 1.165) is 31.4 Å². The van der Waals surface area contributed by atoms with Crippen LogP contribution in [0.2, 0.25) is 0 Å². The van der Waals surface area contributed by atoms with Crippen molar-refractivity contribution in [1.82, 2.24) is 0 Å². The third kappa shape index (κ3) is 3.34. The molecule has 1 aliphatic rings. The van der Waals surface area contributed by atoms with Gasteiger partial charge in [-0.15, -0.1) is 0 Å². The molecular weight excluding hydrogens is 241 g/mol. The molecule has 0 heterocycles. The van der Waals surface area contributed by atoms with Crippen LogP contribution >= 0.6 is 0 Å². The second kappa shape index (κ2) is 6.02. The SMILES string of the molecule is CCOC1CC(CC(N)c2cc(C)c(F)c(C)c2)C1. The number of benzene rings is 1. The molecule has 2 N–H and O–H groups in total. The summed E-state index contributed by atoms with van der Waals surface area (Å²) in [5.74, 6) is 0.535. The molecule has 106 valence electrons. The lowest BCUT2D eigenvalue weighted by atomic mass is 9.77. The minimum Gasteiger partial charge on any atom is -0.378 e. The van der Waals surface area contributed by atoms with E-state index in [9.17, 15) is 4.39 Å². The molecule has 0 saturated heterocycles. The van der Waals surface area contributed by atoms with Crippen molar-refractivity contribution >= 4 is 0 Å². The van der Waals surface area contributed by atoms with Gasteiger partial charge in [-0.3, -0.25) is 0 Å². The summed E-state index contributed by atoms with van der Waals surface area (Å²) in [5, 5.41) is 0. The van der Waals surface area contributed by atoms with E-state index < -0.39 is 0 Å². The van der Waals surface area contributed by atoms with E-state index in [-0.39, 0.29) is 11.9 Å². The summed E-state index contributed by atoms with van der Waals surface area (Å²) in [6.07, 6.45) is 3.62. The first-order chi connectivity index (χ1) is 9.01. The van der Waals surface area contributed by atoms with E-state index in [1.54, 1.807) is 13.8 Å². The molecule has 2 rings (SSSR count). The van der Waals surface area contributed by atoms with Gasteiger partial charge in [-0.25, -0.2) is 4.39 Å². The summed E-state index contributed by atoms with van der Waals surface area (Å²) in [7, 11) is 0. The van der Waals surface area contributed by atoms with Gasteiger partial charge in [-0.1, -0.05) is 12.1 Å². The number of ether oxygens (including phenoxy) is 1. The van der Waals surface area contributed by atoms with Crippen molar-refractivity contribution in [1.29, 1.82) is 0 Å². The van der Waals surface area contributed by atoms with Gasteiger partial charge in [-0.05, 0) is 62.6 Å². The van der Waals surface area contributed by atoms with Crippen molar-refractivity contribution in [2.75, 3.05) is 6.61 Å². The molecule has 0 spiro atoms. The molecule has 1 unspecified atom stereocenters. The summed E-state index contributed by atoms with van der Waals surface area (Å²) in [6, 6.07) is 3.77. The Morgan fingerprint density at radius 1 is 1.32 bits per heavy atom. The minimum absolute atomic E-state index is 0.00516. The van der Waals surface area contributed by atoms with Crippen LogP contribution in [0.3, 0.4) is 0 Å². The van der Waals surface area contributed by atoms with Crippen LogP contribution in [0.4, 0.5) is 4.39 Å². The molecule has 0 radical (unpaired) electrons. The molecule has 0 aliphatic heterocycles. The standard InChI is InChI=1S/C16H24FNO/c1-4-19-14-7-12(8-14)9-15(18)13-5-10(2)16(17)11(3)6-13/h5-6,12,14-15H,4,7-9,18H2,1-3H3. The average molecular weight is 265 g/mol. The fourth-order valence-corrected chi connectivity index (χ4v) is 2.93. The van der Waals surface area contributed by atoms with Crippen LogP contribution in [-0.2, 0) is 4.74 Å². The summed E-state index contributed by atoms with van der Waals surface area (Å²) in [5.41, 5.74) is 8.67. The molecule has 0 bridgehead atoms. The lowest BCUT2D eigenvalue weighted by Gasteiger charge is -2.36. The van der Waals surface area contributed by atoms with Crippen molar-refractivity contribution in [3.05, 3.63) is 34.6 Å². The predicted molar refractivity (Wildman–Crippen MR) is 75.6 cm³/mol. The largest absolute Gasteiger partial charge is 0.378 e. The van der Waals surface area contributed by atoms with Gasteiger partial charge in [0.15, 0.2) is 0 Å². The molecule has 1 atom stereocenters. The van der Waals surface area contributed by atoms with Crippen molar-refractivity contribution in [3.63, 3.8) is 0 Å². The second-order valence-corrected chi connectivity index (χ2v) is 5.73. The van der Waals surface area contributed by atoms with Crippen LogP contribution in [0.25, 0.3) is 0 Å². The first-order valence-electron chi connectivity index (χ1n) is 7.15. The maximum Gasteiger partial charge on any atom is 0.129 e. The molecule has 1 aromatic rings. The topological polar surface area (TPSA) is 35.2 Å². The van der Waals surface area contributed by atoms with Gasteiger partial charge >= 0.3 is 0 Å².